The van der Waals surface area contributed by atoms with Gasteiger partial charge in [-0.3, -0.25) is 0 Å². The maximum absolute atomic E-state index is 8.58. The average molecular weight is 1630 g/mol. The number of hydrogen-bond acceptors (Lipinski definition) is 8. The van der Waals surface area contributed by atoms with Crippen molar-refractivity contribution in [2.24, 2.45) is 28.2 Å². The lowest BCUT2D eigenvalue weighted by atomic mass is 9.91. The zero-order valence-corrected chi connectivity index (χ0v) is 72.3. The largest absolute Gasteiger partial charge is 0.437 e. The fourth-order valence-corrected chi connectivity index (χ4v) is 19.4. The minimum atomic E-state index is -2.44. The van der Waals surface area contributed by atoms with E-state index in [1.54, 1.807) is 12.3 Å². The molecule has 0 spiro atoms. The summed E-state index contributed by atoms with van der Waals surface area (Å²) in [5.41, 5.74) is 23.8. The molecule has 0 N–H and O–H groups in total. The minimum absolute atomic E-state index is 0.462. The Kier molecular flexibility index (Phi) is 17.4. The van der Waals surface area contributed by atoms with Crippen molar-refractivity contribution in [3.8, 4) is 45.0 Å². The fraction of sp³-hybridized carbons (Fsp3) is 0.150. The van der Waals surface area contributed by atoms with Crippen LogP contribution in [0.3, 0.4) is 0 Å². The Labute approximate surface area is 730 Å². The van der Waals surface area contributed by atoms with Crippen LogP contribution in [0.5, 0.6) is 0 Å². The summed E-state index contributed by atoms with van der Waals surface area (Å²) in [7, 11) is 8.30. The molecule has 0 aliphatic rings. The van der Waals surface area contributed by atoms with E-state index in [-0.39, 0.29) is 0 Å². The van der Waals surface area contributed by atoms with Gasteiger partial charge < -0.3 is 17.7 Å². The van der Waals surface area contributed by atoms with Gasteiger partial charge in [0.1, 0.15) is 28.2 Å². The summed E-state index contributed by atoms with van der Waals surface area (Å²) >= 11 is 0. The molecule has 0 bridgehead atoms. The molecule has 0 fully saturated rings. The van der Waals surface area contributed by atoms with Gasteiger partial charge in [0.2, 0.25) is 45.6 Å². The number of benzene rings is 12. The molecule has 606 valence electrons. The Morgan fingerprint density at radius 1 is 0.288 bits per heavy atom. The van der Waals surface area contributed by atoms with Crippen molar-refractivity contribution >= 4 is 174 Å². The van der Waals surface area contributed by atoms with E-state index in [1.807, 2.05) is 90.3 Å². The monoisotopic (exact) mass is 1630 g/mol. The van der Waals surface area contributed by atoms with Crippen LogP contribution in [0.15, 0.2) is 303 Å². The van der Waals surface area contributed by atoms with Crippen LogP contribution < -0.4 is 18.3 Å². The highest BCUT2D eigenvalue weighted by Crippen LogP contribution is 2.49. The third-order valence-corrected chi connectivity index (χ3v) is 25.6. The van der Waals surface area contributed by atoms with Crippen LogP contribution in [0.1, 0.15) is 96.7 Å². The van der Waals surface area contributed by atoms with Crippen LogP contribution in [-0.2, 0) is 28.2 Å². The van der Waals surface area contributed by atoms with E-state index in [1.165, 1.54) is 77.5 Å². The Hall–Kier alpha value is -14.9. The third kappa shape index (κ3) is 12.8. The molecule has 0 aliphatic heterocycles. The normalized spacial score (nSPS) is 13.2. The quantitative estimate of drug-likeness (QED) is 0.151. The molecule has 12 aromatic heterocycles. The summed E-state index contributed by atoms with van der Waals surface area (Å²) in [6, 6.07) is 88.1. The predicted octanol–water partition coefficient (Wildman–Crippen LogP) is 27.5. The Morgan fingerprint density at radius 3 is 0.976 bits per heavy atom. The maximum Gasteiger partial charge on any atom is 0.227 e. The summed E-state index contributed by atoms with van der Waals surface area (Å²) in [5, 5.41) is 27.1. The van der Waals surface area contributed by atoms with Gasteiger partial charge in [0.05, 0.1) is 33.0 Å². The average Bonchev–Trinajstić information content (AvgIpc) is 1.53. The van der Waals surface area contributed by atoms with E-state index in [0.29, 0.717) is 28.4 Å². The fourth-order valence-electron chi connectivity index (χ4n) is 19.4. The predicted molar refractivity (Wildman–Crippen MR) is 514 cm³/mol. The third-order valence-electron chi connectivity index (χ3n) is 25.6. The topological polar surface area (TPSA) is 120 Å². The first-order valence-electron chi connectivity index (χ1n) is 45.0. The van der Waals surface area contributed by atoms with Crippen LogP contribution in [0.25, 0.3) is 219 Å². The molecular formula is C113H94N8O4+4. The number of fused-ring (bicyclic) bond motifs is 24. The van der Waals surface area contributed by atoms with E-state index in [9.17, 15) is 0 Å². The number of furan rings is 4. The molecule has 24 rings (SSSR count). The van der Waals surface area contributed by atoms with Gasteiger partial charge in [-0.05, 0) is 231 Å². The molecule has 0 aliphatic carbocycles. The van der Waals surface area contributed by atoms with Gasteiger partial charge in [-0.1, -0.05) is 185 Å². The number of pyridine rings is 8. The summed E-state index contributed by atoms with van der Waals surface area (Å²) in [6.45, 7) is 17.5. The van der Waals surface area contributed by atoms with Crippen molar-refractivity contribution < 1.29 is 42.8 Å². The number of rotatable bonds is 6. The molecule has 0 amide bonds. The molecule has 12 aromatic carbocycles. The smallest absolute Gasteiger partial charge is 0.227 e. The van der Waals surface area contributed by atoms with Crippen LogP contribution in [-0.4, -0.2) is 19.9 Å². The van der Waals surface area contributed by atoms with Crippen molar-refractivity contribution in [1.82, 2.24) is 19.9 Å². The molecule has 12 heteroatoms. The van der Waals surface area contributed by atoms with E-state index in [0.717, 1.165) is 171 Å². The highest BCUT2D eigenvalue weighted by atomic mass is 16.4. The molecule has 1 unspecified atom stereocenters. The van der Waals surface area contributed by atoms with Gasteiger partial charge in [-0.15, -0.1) is 0 Å². The molecule has 12 nitrogen and oxygen atoms in total. The Balaban J connectivity index is 0.000000105. The lowest BCUT2D eigenvalue weighted by molar-refractivity contribution is -0.659. The Morgan fingerprint density at radius 2 is 0.600 bits per heavy atom. The molecule has 12 heterocycles. The van der Waals surface area contributed by atoms with Gasteiger partial charge in [-0.2, -0.15) is 0 Å². The number of aryl methyl sites for hydroxylation is 11. The molecule has 0 radical (unpaired) electrons. The second kappa shape index (κ2) is 30.3. The minimum Gasteiger partial charge on any atom is -0.437 e. The van der Waals surface area contributed by atoms with Crippen molar-refractivity contribution in [1.29, 1.82) is 0 Å². The van der Waals surface area contributed by atoms with Crippen molar-refractivity contribution in [3.05, 3.63) is 336 Å². The molecule has 125 heavy (non-hydrogen) atoms. The van der Waals surface area contributed by atoms with E-state index < -0.39 is 18.6 Å². The number of nitrogens with zero attached hydrogens (tertiary/aromatic N) is 8. The highest BCUT2D eigenvalue weighted by Gasteiger charge is 2.32. The van der Waals surface area contributed by atoms with Gasteiger partial charge in [0.25, 0.3) is 0 Å². The second-order valence-electron chi connectivity index (χ2n) is 33.8. The first-order chi connectivity index (χ1) is 62.6. The maximum atomic E-state index is 8.58. The van der Waals surface area contributed by atoms with E-state index >= 15 is 0 Å². The summed E-state index contributed by atoms with van der Waals surface area (Å²) < 4.78 is 75.2. The standard InChI is InChI=1S/2C30H27N2O.C27H21N2O.C26H19N2O/c2*1-17(2)20-11-13-23-21(16-20)14-15-32(5)28(23)26-19(4)22-8-6-7-9-24(22)27-25-12-10-18(3)31-30(25)33-29(26)27;1-16-12-13-22-25-21-11-7-6-10-20(21)17(2)24(26(25)30-27(22)28-16)23-14-18-8-4-5-9-19(18)15-29(23)3;1-16-19-10-5-6-11-20(19)24-21-12-7-13-27-26(21)29-25(24)23(16)22-14-17-8-3-4-9-18(17)15-28(22)2/h2*6-17H,1-5H3;4-15H,1-3H3;3-15H,1-2H3/q4*+1/i1D3,17D;17D;;. The van der Waals surface area contributed by atoms with E-state index in [4.69, 9.17) is 29.5 Å². The Bertz CT molecular complexity index is 8920. The molecule has 24 aromatic rings. The zero-order valence-electron chi connectivity index (χ0n) is 77.3. The first kappa shape index (κ1) is 71.8. The van der Waals surface area contributed by atoms with Crippen LogP contribution in [0, 0.1) is 48.5 Å². The van der Waals surface area contributed by atoms with Crippen LogP contribution >= 0.6 is 0 Å². The lowest BCUT2D eigenvalue weighted by Crippen LogP contribution is -2.30. The molecule has 0 saturated heterocycles. The van der Waals surface area contributed by atoms with Crippen molar-refractivity contribution in [2.45, 2.75) is 87.9 Å². The first-order valence-corrected chi connectivity index (χ1v) is 42.5. The highest BCUT2D eigenvalue weighted by molar-refractivity contribution is 6.28. The molecule has 1 atom stereocenters. The summed E-state index contributed by atoms with van der Waals surface area (Å²) in [4.78, 5) is 18.6. The van der Waals surface area contributed by atoms with Crippen LogP contribution in [0.4, 0.5) is 0 Å². The SMILES string of the molecule is Cc1c(-c2cc3ccccc3c[n+]2C)c2oc3ncccc3c2c2ccccc12.Cc1ccc2c(n1)oc1c(-c3cc4ccccc4c[n+]3C)c(C)c3ccccc3c12.[2H]C(C)(C)c1ccc2c(-c3c(C)c4ccccc4c4c3oc3nc(C)ccc34)[n+](C)ccc2c1.[2H]C([2H])([2H])C([2H])(C)c1ccc2c(-c3c(C)c4ccccc4c4c3oc3nc(C)ccc34)[n+](C)ccc2c1. The van der Waals surface area contributed by atoms with E-state index in [2.05, 4.69) is 307 Å². The molecule has 0 saturated carbocycles. The second-order valence-corrected chi connectivity index (χ2v) is 33.8. The van der Waals surface area contributed by atoms with Crippen LogP contribution in [0.2, 0.25) is 0 Å². The number of aromatic nitrogens is 8. The van der Waals surface area contributed by atoms with Gasteiger partial charge in [0, 0.05) is 108 Å². The molecular weight excluding hydrogens is 1530 g/mol. The lowest BCUT2D eigenvalue weighted by Gasteiger charge is -2.13. The summed E-state index contributed by atoms with van der Waals surface area (Å²) in [6.07, 6.45) is 10.2. The summed E-state index contributed by atoms with van der Waals surface area (Å²) in [5.74, 6) is -2.37. The van der Waals surface area contributed by atoms with Crippen molar-refractivity contribution in [3.63, 3.8) is 0 Å². The zero-order chi connectivity index (χ0) is 90.0. The number of hydrogen-bond donors (Lipinski definition) is 0. The van der Waals surface area contributed by atoms with Gasteiger partial charge in [-0.25, -0.2) is 38.2 Å². The van der Waals surface area contributed by atoms with Gasteiger partial charge >= 0.3 is 0 Å². The van der Waals surface area contributed by atoms with Crippen molar-refractivity contribution in [2.75, 3.05) is 0 Å². The van der Waals surface area contributed by atoms with Gasteiger partial charge in [0.15, 0.2) is 47.1 Å².